The second-order valence-electron chi connectivity index (χ2n) is 3.66. The molecule has 0 radical (unpaired) electrons. The molecule has 1 aromatic rings. The first kappa shape index (κ1) is 11.6. The van der Waals surface area contributed by atoms with Crippen LogP contribution >= 0.6 is 27.3 Å². The molecule has 2 rings (SSSR count). The lowest BCUT2D eigenvalue weighted by Gasteiger charge is -2.01. The first-order valence-electron chi connectivity index (χ1n) is 5.16. The third kappa shape index (κ3) is 2.13. The monoisotopic (exact) mass is 298 g/mol. The Labute approximate surface area is 107 Å². The number of thiophene rings is 1. The lowest BCUT2D eigenvalue weighted by atomic mass is 10.1. The molecule has 0 fully saturated rings. The summed E-state index contributed by atoms with van der Waals surface area (Å²) in [6.45, 7) is 0. The Morgan fingerprint density at radius 3 is 3.06 bits per heavy atom. The summed E-state index contributed by atoms with van der Waals surface area (Å²) in [7, 11) is 0. The summed E-state index contributed by atoms with van der Waals surface area (Å²) in [5.74, 6) is -0.0340. The van der Waals surface area contributed by atoms with E-state index in [1.165, 1.54) is 4.88 Å². The van der Waals surface area contributed by atoms with Crippen LogP contribution in [0.25, 0.3) is 0 Å². The van der Waals surface area contributed by atoms with Gasteiger partial charge in [-0.25, -0.2) is 0 Å². The van der Waals surface area contributed by atoms with E-state index in [1.54, 1.807) is 11.3 Å². The lowest BCUT2D eigenvalue weighted by Crippen LogP contribution is -2.11. The summed E-state index contributed by atoms with van der Waals surface area (Å²) in [5.41, 5.74) is 1.84. The number of carbonyl (C=O) groups is 1. The smallest absolute Gasteiger partial charge is 0.225 e. The van der Waals surface area contributed by atoms with Gasteiger partial charge in [-0.2, -0.15) is 5.26 Å². The maximum absolute atomic E-state index is 11.5. The van der Waals surface area contributed by atoms with Crippen molar-refractivity contribution in [3.8, 4) is 6.07 Å². The van der Waals surface area contributed by atoms with Crippen LogP contribution in [0.4, 0.5) is 5.00 Å². The van der Waals surface area contributed by atoms with Crippen LogP contribution in [0, 0.1) is 11.3 Å². The van der Waals surface area contributed by atoms with E-state index in [1.807, 2.05) is 0 Å². The highest BCUT2D eigenvalue weighted by Gasteiger charge is 2.22. The molecule has 0 saturated heterocycles. The molecule has 84 valence electrons. The van der Waals surface area contributed by atoms with Crippen LogP contribution < -0.4 is 5.32 Å². The fourth-order valence-corrected chi connectivity index (χ4v) is 3.50. The molecule has 1 N–H and O–H groups in total. The van der Waals surface area contributed by atoms with Crippen molar-refractivity contribution in [3.63, 3.8) is 0 Å². The number of aryl methyl sites for hydroxylation is 1. The predicted molar refractivity (Wildman–Crippen MR) is 68.1 cm³/mol. The van der Waals surface area contributed by atoms with Crippen LogP contribution in [0.3, 0.4) is 0 Å². The van der Waals surface area contributed by atoms with Crippen LogP contribution in [0.2, 0.25) is 0 Å². The molecule has 0 atom stereocenters. The van der Waals surface area contributed by atoms with Gasteiger partial charge in [0.2, 0.25) is 5.91 Å². The Kier molecular flexibility index (Phi) is 3.62. The van der Waals surface area contributed by atoms with E-state index < -0.39 is 0 Å². The van der Waals surface area contributed by atoms with Crippen molar-refractivity contribution in [3.05, 3.63) is 16.0 Å². The van der Waals surface area contributed by atoms with Crippen molar-refractivity contribution >= 4 is 38.2 Å². The minimum absolute atomic E-state index is 0.0340. The fraction of sp³-hybridized carbons (Fsp3) is 0.455. The molecule has 0 aliphatic heterocycles. The van der Waals surface area contributed by atoms with Gasteiger partial charge < -0.3 is 5.32 Å². The van der Waals surface area contributed by atoms with Crippen molar-refractivity contribution in [2.24, 2.45) is 0 Å². The molecule has 1 aliphatic rings. The zero-order chi connectivity index (χ0) is 11.5. The molecule has 3 nitrogen and oxygen atoms in total. The quantitative estimate of drug-likeness (QED) is 0.873. The summed E-state index contributed by atoms with van der Waals surface area (Å²) in [5, 5.41) is 13.3. The molecule has 1 amide bonds. The SMILES string of the molecule is N#Cc1c(NC(=O)CCBr)sc2c1CCC2. The maximum Gasteiger partial charge on any atom is 0.225 e. The minimum Gasteiger partial charge on any atom is -0.317 e. The van der Waals surface area contributed by atoms with Crippen molar-refractivity contribution in [1.29, 1.82) is 5.26 Å². The zero-order valence-corrected chi connectivity index (χ0v) is 11.1. The van der Waals surface area contributed by atoms with Crippen LogP contribution in [0.1, 0.15) is 28.8 Å². The van der Waals surface area contributed by atoms with Gasteiger partial charge in [-0.3, -0.25) is 4.79 Å². The number of rotatable bonds is 3. The van der Waals surface area contributed by atoms with Gasteiger partial charge in [0.05, 0.1) is 5.56 Å². The first-order valence-corrected chi connectivity index (χ1v) is 7.10. The van der Waals surface area contributed by atoms with Crippen molar-refractivity contribution in [1.82, 2.24) is 0 Å². The Morgan fingerprint density at radius 1 is 1.56 bits per heavy atom. The van der Waals surface area contributed by atoms with E-state index in [9.17, 15) is 4.79 Å². The van der Waals surface area contributed by atoms with Crippen molar-refractivity contribution in [2.75, 3.05) is 10.6 Å². The molecule has 0 unspecified atom stereocenters. The topological polar surface area (TPSA) is 52.9 Å². The van der Waals surface area contributed by atoms with E-state index in [0.717, 1.165) is 29.8 Å². The molecular formula is C11H11BrN2OS. The number of halogens is 1. The van der Waals surface area contributed by atoms with E-state index in [2.05, 4.69) is 27.3 Å². The zero-order valence-electron chi connectivity index (χ0n) is 8.68. The standard InChI is InChI=1S/C11H11BrN2OS/c12-5-4-10(15)14-11-8(6-13)7-2-1-3-9(7)16-11/h1-5H2,(H,14,15). The fourth-order valence-electron chi connectivity index (χ4n) is 1.89. The second-order valence-corrected chi connectivity index (χ2v) is 5.56. The Balaban J connectivity index is 2.22. The van der Waals surface area contributed by atoms with Crippen LogP contribution in [0.5, 0.6) is 0 Å². The first-order chi connectivity index (χ1) is 7.76. The van der Waals surface area contributed by atoms with Crippen LogP contribution in [-0.2, 0) is 17.6 Å². The molecule has 1 aliphatic carbocycles. The average Bonchev–Trinajstić information content (AvgIpc) is 2.77. The Bertz CT molecular complexity index is 461. The van der Waals surface area contributed by atoms with E-state index in [4.69, 9.17) is 5.26 Å². The molecule has 1 aromatic heterocycles. The van der Waals surface area contributed by atoms with Crippen molar-refractivity contribution in [2.45, 2.75) is 25.7 Å². The second kappa shape index (κ2) is 4.98. The Hall–Kier alpha value is -0.860. The van der Waals surface area contributed by atoms with Crippen molar-refractivity contribution < 1.29 is 4.79 Å². The van der Waals surface area contributed by atoms with Gasteiger partial charge in [-0.15, -0.1) is 11.3 Å². The van der Waals surface area contributed by atoms with Gasteiger partial charge in [0.25, 0.3) is 0 Å². The molecule has 5 heteroatoms. The summed E-state index contributed by atoms with van der Waals surface area (Å²) in [6, 6.07) is 2.21. The number of carbonyl (C=O) groups excluding carboxylic acids is 1. The van der Waals surface area contributed by atoms with E-state index in [-0.39, 0.29) is 5.91 Å². The van der Waals surface area contributed by atoms with Gasteiger partial charge in [-0.05, 0) is 24.8 Å². The average molecular weight is 299 g/mol. The third-order valence-electron chi connectivity index (χ3n) is 2.61. The normalized spacial score (nSPS) is 13.2. The van der Waals surface area contributed by atoms with Gasteiger partial charge in [-0.1, -0.05) is 15.9 Å². The highest BCUT2D eigenvalue weighted by Crippen LogP contribution is 2.38. The minimum atomic E-state index is -0.0340. The number of anilines is 1. The Morgan fingerprint density at radius 2 is 2.38 bits per heavy atom. The van der Waals surface area contributed by atoms with Gasteiger partial charge in [0.1, 0.15) is 11.1 Å². The molecule has 0 spiro atoms. The number of nitrogens with zero attached hydrogens (tertiary/aromatic N) is 1. The molecule has 0 aromatic carbocycles. The van der Waals surface area contributed by atoms with E-state index >= 15 is 0 Å². The molecule has 0 saturated carbocycles. The summed E-state index contributed by atoms with van der Waals surface area (Å²) in [6.07, 6.45) is 3.59. The maximum atomic E-state index is 11.5. The van der Waals surface area contributed by atoms with Crippen LogP contribution in [0.15, 0.2) is 0 Å². The van der Waals surface area contributed by atoms with Crippen LogP contribution in [-0.4, -0.2) is 11.2 Å². The van der Waals surface area contributed by atoms with Gasteiger partial charge in [0.15, 0.2) is 0 Å². The summed E-state index contributed by atoms with van der Waals surface area (Å²) >= 11 is 4.78. The summed E-state index contributed by atoms with van der Waals surface area (Å²) < 4.78 is 0. The lowest BCUT2D eigenvalue weighted by molar-refractivity contribution is -0.115. The molecular weight excluding hydrogens is 288 g/mol. The number of amides is 1. The largest absolute Gasteiger partial charge is 0.317 e. The molecule has 1 heterocycles. The third-order valence-corrected chi connectivity index (χ3v) is 4.21. The number of nitrogens with one attached hydrogen (secondary N) is 1. The number of alkyl halides is 1. The number of nitriles is 1. The highest BCUT2D eigenvalue weighted by molar-refractivity contribution is 9.09. The number of hydrogen-bond donors (Lipinski definition) is 1. The highest BCUT2D eigenvalue weighted by atomic mass is 79.9. The predicted octanol–water partition coefficient (Wildman–Crippen LogP) is 2.83. The van der Waals surface area contributed by atoms with E-state index in [0.29, 0.717) is 17.3 Å². The summed E-state index contributed by atoms with van der Waals surface area (Å²) in [4.78, 5) is 12.7. The molecule has 0 bridgehead atoms. The molecule has 16 heavy (non-hydrogen) atoms. The number of fused-ring (bicyclic) bond motifs is 1. The van der Waals surface area contributed by atoms with Gasteiger partial charge in [0, 0.05) is 16.6 Å². The number of hydrogen-bond acceptors (Lipinski definition) is 3. The van der Waals surface area contributed by atoms with Gasteiger partial charge >= 0.3 is 0 Å².